The summed E-state index contributed by atoms with van der Waals surface area (Å²) in [5.74, 6) is 0. The molecule has 130 valence electrons. The smallest absolute Gasteiger partial charge is 0.409 e. The Morgan fingerprint density at radius 2 is 1.82 bits per heavy atom. The van der Waals surface area contributed by atoms with Crippen LogP contribution >= 0.6 is 0 Å². The number of carbonyl (C=O) groups excluding carboxylic acids is 1. The number of unbranched alkanes of at least 4 members (excludes halogenated alkanes) is 1. The molecule has 1 rings (SSSR count). The quantitative estimate of drug-likeness (QED) is 0.649. The summed E-state index contributed by atoms with van der Waals surface area (Å²) in [4.78, 5) is 18.1. The van der Waals surface area contributed by atoms with Crippen molar-refractivity contribution in [3.8, 4) is 0 Å². The van der Waals surface area contributed by atoms with Crippen molar-refractivity contribution in [1.82, 2.24) is 14.7 Å². The zero-order valence-electron chi connectivity index (χ0n) is 14.5. The third-order valence-electron chi connectivity index (χ3n) is 4.19. The molecule has 0 aromatic rings. The highest BCUT2D eigenvalue weighted by molar-refractivity contribution is 5.67. The number of nitrogens with zero attached hydrogens (tertiary/aromatic N) is 3. The highest BCUT2D eigenvalue weighted by Crippen LogP contribution is 2.06. The first-order valence-corrected chi connectivity index (χ1v) is 8.65. The number of piperazine rings is 1. The van der Waals surface area contributed by atoms with Gasteiger partial charge in [0.25, 0.3) is 0 Å². The Morgan fingerprint density at radius 1 is 1.18 bits per heavy atom. The van der Waals surface area contributed by atoms with E-state index in [2.05, 4.69) is 30.6 Å². The van der Waals surface area contributed by atoms with Gasteiger partial charge in [0.15, 0.2) is 0 Å². The lowest BCUT2D eigenvalue weighted by atomic mass is 10.2. The van der Waals surface area contributed by atoms with Gasteiger partial charge in [-0.1, -0.05) is 27.2 Å². The van der Waals surface area contributed by atoms with Crippen LogP contribution in [0.3, 0.4) is 0 Å². The van der Waals surface area contributed by atoms with E-state index in [4.69, 9.17) is 4.74 Å². The Morgan fingerprint density at radius 3 is 2.36 bits per heavy atom. The normalized spacial score (nSPS) is 17.8. The van der Waals surface area contributed by atoms with Gasteiger partial charge in [-0.25, -0.2) is 4.79 Å². The Hall–Kier alpha value is -0.850. The molecule has 0 aliphatic carbocycles. The van der Waals surface area contributed by atoms with Crippen molar-refractivity contribution in [3.63, 3.8) is 0 Å². The molecule has 22 heavy (non-hydrogen) atoms. The summed E-state index contributed by atoms with van der Waals surface area (Å²) in [6.07, 6.45) is 1.43. The van der Waals surface area contributed by atoms with Crippen molar-refractivity contribution in [2.75, 3.05) is 59.0 Å². The van der Waals surface area contributed by atoms with Gasteiger partial charge >= 0.3 is 6.09 Å². The third-order valence-corrected chi connectivity index (χ3v) is 4.19. The fraction of sp³-hybridized carbons (Fsp3) is 0.938. The van der Waals surface area contributed by atoms with Crippen LogP contribution in [-0.2, 0) is 4.74 Å². The van der Waals surface area contributed by atoms with E-state index in [9.17, 15) is 9.90 Å². The van der Waals surface area contributed by atoms with Crippen LogP contribution < -0.4 is 0 Å². The maximum atomic E-state index is 11.9. The topological polar surface area (TPSA) is 56.3 Å². The minimum atomic E-state index is -0.331. The zero-order valence-corrected chi connectivity index (χ0v) is 14.5. The van der Waals surface area contributed by atoms with Gasteiger partial charge in [-0.2, -0.15) is 0 Å². The van der Waals surface area contributed by atoms with Crippen molar-refractivity contribution in [2.24, 2.45) is 0 Å². The summed E-state index contributed by atoms with van der Waals surface area (Å²) in [6.45, 7) is 13.1. The molecule has 0 saturated carbocycles. The van der Waals surface area contributed by atoms with E-state index in [-0.39, 0.29) is 12.2 Å². The summed E-state index contributed by atoms with van der Waals surface area (Å²) >= 11 is 0. The fourth-order valence-electron chi connectivity index (χ4n) is 2.64. The zero-order chi connectivity index (χ0) is 16.4. The minimum Gasteiger partial charge on any atom is -0.449 e. The highest BCUT2D eigenvalue weighted by atomic mass is 16.6. The van der Waals surface area contributed by atoms with Gasteiger partial charge in [0, 0.05) is 39.3 Å². The number of β-amino-alcohol motifs (C(OH)–C–C–N with tert-alkyl or cyclic N) is 1. The van der Waals surface area contributed by atoms with Crippen LogP contribution in [-0.4, -0.2) is 91.0 Å². The number of hydrogen-bond donors (Lipinski definition) is 1. The van der Waals surface area contributed by atoms with Gasteiger partial charge in [0.1, 0.15) is 0 Å². The van der Waals surface area contributed by atoms with Crippen LogP contribution in [0.5, 0.6) is 0 Å². The molecule has 0 aromatic heterocycles. The predicted octanol–water partition coefficient (Wildman–Crippen LogP) is 1.24. The van der Waals surface area contributed by atoms with Gasteiger partial charge in [0.2, 0.25) is 0 Å². The van der Waals surface area contributed by atoms with Gasteiger partial charge in [-0.15, -0.1) is 0 Å². The molecule has 0 spiro atoms. The molecule has 1 aliphatic heterocycles. The average molecular weight is 315 g/mol. The number of hydrogen-bond acceptors (Lipinski definition) is 5. The standard InChI is InChI=1S/C16H33N3O3/c1-4-7-12-22-16(21)19-10-8-18(9-11-19)14-15(20)13-17(5-2)6-3/h15,20H,4-14H2,1-3H3. The SMILES string of the molecule is CCCCOC(=O)N1CCN(CC(O)CN(CC)CC)CC1. The summed E-state index contributed by atoms with van der Waals surface area (Å²) in [6, 6.07) is 0. The third kappa shape index (κ3) is 6.94. The molecule has 6 nitrogen and oxygen atoms in total. The van der Waals surface area contributed by atoms with Crippen LogP contribution in [0.4, 0.5) is 4.79 Å². The Labute approximate surface area is 135 Å². The molecular weight excluding hydrogens is 282 g/mol. The van der Waals surface area contributed by atoms with E-state index >= 15 is 0 Å². The van der Waals surface area contributed by atoms with E-state index in [1.54, 1.807) is 4.90 Å². The number of rotatable bonds is 9. The molecule has 1 N–H and O–H groups in total. The fourth-order valence-corrected chi connectivity index (χ4v) is 2.64. The number of carbonyl (C=O) groups is 1. The summed E-state index contributed by atoms with van der Waals surface area (Å²) in [5, 5.41) is 10.2. The van der Waals surface area contributed by atoms with Crippen LogP contribution in [0.15, 0.2) is 0 Å². The van der Waals surface area contributed by atoms with Crippen molar-refractivity contribution in [2.45, 2.75) is 39.7 Å². The molecule has 1 atom stereocenters. The molecule has 1 amide bonds. The molecule has 1 fully saturated rings. The lowest BCUT2D eigenvalue weighted by Gasteiger charge is -2.35. The molecular formula is C16H33N3O3. The molecule has 1 heterocycles. The maximum absolute atomic E-state index is 11.9. The van der Waals surface area contributed by atoms with Crippen LogP contribution in [0.1, 0.15) is 33.6 Å². The van der Waals surface area contributed by atoms with Gasteiger partial charge in [0.05, 0.1) is 12.7 Å². The summed E-state index contributed by atoms with van der Waals surface area (Å²) in [5.41, 5.74) is 0. The second kappa shape index (κ2) is 10.8. The molecule has 1 aliphatic rings. The number of aliphatic hydroxyl groups excluding tert-OH is 1. The Bertz CT molecular complexity index is 303. The highest BCUT2D eigenvalue weighted by Gasteiger charge is 2.23. The van der Waals surface area contributed by atoms with E-state index in [1.165, 1.54) is 0 Å². The number of likely N-dealkylation sites (N-methyl/N-ethyl adjacent to an activating group) is 1. The van der Waals surface area contributed by atoms with Crippen molar-refractivity contribution < 1.29 is 14.6 Å². The summed E-state index contributed by atoms with van der Waals surface area (Å²) in [7, 11) is 0. The average Bonchev–Trinajstić information content (AvgIpc) is 2.53. The largest absolute Gasteiger partial charge is 0.449 e. The first kappa shape index (κ1) is 19.2. The lowest BCUT2D eigenvalue weighted by molar-refractivity contribution is 0.0443. The first-order chi connectivity index (χ1) is 10.6. The van der Waals surface area contributed by atoms with Gasteiger partial charge in [-0.05, 0) is 19.5 Å². The first-order valence-electron chi connectivity index (χ1n) is 8.65. The lowest BCUT2D eigenvalue weighted by Crippen LogP contribution is -2.51. The molecule has 1 unspecified atom stereocenters. The molecule has 1 saturated heterocycles. The molecule has 0 radical (unpaired) electrons. The monoisotopic (exact) mass is 315 g/mol. The predicted molar refractivity (Wildman–Crippen MR) is 88.1 cm³/mol. The van der Waals surface area contributed by atoms with Crippen LogP contribution in [0.25, 0.3) is 0 Å². The maximum Gasteiger partial charge on any atom is 0.409 e. The number of ether oxygens (including phenoxy) is 1. The van der Waals surface area contributed by atoms with Crippen LogP contribution in [0.2, 0.25) is 0 Å². The number of aliphatic hydroxyl groups is 1. The molecule has 6 heteroatoms. The van der Waals surface area contributed by atoms with Crippen molar-refractivity contribution >= 4 is 6.09 Å². The van der Waals surface area contributed by atoms with Crippen LogP contribution in [0, 0.1) is 0 Å². The van der Waals surface area contributed by atoms with E-state index in [0.29, 0.717) is 32.8 Å². The Kier molecular flexibility index (Phi) is 9.43. The van der Waals surface area contributed by atoms with E-state index < -0.39 is 0 Å². The van der Waals surface area contributed by atoms with Crippen molar-refractivity contribution in [3.05, 3.63) is 0 Å². The second-order valence-corrected chi connectivity index (χ2v) is 5.90. The van der Waals surface area contributed by atoms with E-state index in [1.807, 2.05) is 0 Å². The minimum absolute atomic E-state index is 0.197. The molecule has 0 bridgehead atoms. The Balaban J connectivity index is 2.23. The van der Waals surface area contributed by atoms with Crippen molar-refractivity contribution in [1.29, 1.82) is 0 Å². The number of amides is 1. The summed E-state index contributed by atoms with van der Waals surface area (Å²) < 4.78 is 5.23. The van der Waals surface area contributed by atoms with Gasteiger partial charge in [-0.3, -0.25) is 4.90 Å². The van der Waals surface area contributed by atoms with Gasteiger partial charge < -0.3 is 19.6 Å². The second-order valence-electron chi connectivity index (χ2n) is 5.90. The van der Waals surface area contributed by atoms with E-state index in [0.717, 1.165) is 39.0 Å². The molecule has 0 aromatic carbocycles.